The summed E-state index contributed by atoms with van der Waals surface area (Å²) in [6.45, 7) is 0.693. The maximum atomic E-state index is 12.4. The van der Waals surface area contributed by atoms with E-state index in [-0.39, 0.29) is 5.91 Å². The maximum Gasteiger partial charge on any atom is 0.255 e. The zero-order valence-corrected chi connectivity index (χ0v) is 13.1. The van der Waals surface area contributed by atoms with Crippen molar-refractivity contribution in [3.63, 3.8) is 0 Å². The molecule has 2 aromatic carbocycles. The lowest BCUT2D eigenvalue weighted by Crippen LogP contribution is -2.11. The molecule has 23 heavy (non-hydrogen) atoms. The molecular weight excluding hydrogens is 308 g/mol. The number of fused-ring (bicyclic) bond motifs is 1. The summed E-state index contributed by atoms with van der Waals surface area (Å²) < 4.78 is 5.46. The Kier molecular flexibility index (Phi) is 3.55. The minimum Gasteiger partial charge on any atom is -0.493 e. The number of aromatic nitrogens is 1. The lowest BCUT2D eigenvalue weighted by molar-refractivity contribution is 0.102. The smallest absolute Gasteiger partial charge is 0.255 e. The monoisotopic (exact) mass is 322 g/mol. The minimum absolute atomic E-state index is 0.110. The third-order valence-corrected chi connectivity index (χ3v) is 4.60. The molecule has 4 rings (SSSR count). The summed E-state index contributed by atoms with van der Waals surface area (Å²) in [7, 11) is 0. The van der Waals surface area contributed by atoms with E-state index in [2.05, 4.69) is 10.3 Å². The molecule has 1 aliphatic heterocycles. The minimum atomic E-state index is -0.110. The average Bonchev–Trinajstić information content (AvgIpc) is 3.26. The first-order valence-electron chi connectivity index (χ1n) is 7.36. The summed E-state index contributed by atoms with van der Waals surface area (Å²) in [5.41, 5.74) is 3.56. The summed E-state index contributed by atoms with van der Waals surface area (Å²) >= 11 is 1.59. The van der Waals surface area contributed by atoms with Crippen molar-refractivity contribution < 1.29 is 9.53 Å². The average molecular weight is 322 g/mol. The summed E-state index contributed by atoms with van der Waals surface area (Å²) in [5, 5.41) is 5.85. The molecule has 0 spiro atoms. The fourth-order valence-corrected chi connectivity index (χ4v) is 3.24. The van der Waals surface area contributed by atoms with Gasteiger partial charge in [-0.15, -0.1) is 11.3 Å². The Labute approximate surface area is 137 Å². The second-order valence-electron chi connectivity index (χ2n) is 5.29. The molecule has 0 bridgehead atoms. The van der Waals surface area contributed by atoms with Gasteiger partial charge >= 0.3 is 0 Å². The van der Waals surface area contributed by atoms with E-state index >= 15 is 0 Å². The lowest BCUT2D eigenvalue weighted by atomic mass is 10.1. The van der Waals surface area contributed by atoms with Crippen LogP contribution in [0.1, 0.15) is 15.9 Å². The molecular formula is C18H14N2O2S. The van der Waals surface area contributed by atoms with Gasteiger partial charge in [-0.1, -0.05) is 0 Å². The van der Waals surface area contributed by atoms with Gasteiger partial charge in [-0.3, -0.25) is 4.79 Å². The van der Waals surface area contributed by atoms with Crippen LogP contribution in [0, 0.1) is 0 Å². The van der Waals surface area contributed by atoms with Gasteiger partial charge in [-0.25, -0.2) is 4.98 Å². The Morgan fingerprint density at radius 2 is 2.04 bits per heavy atom. The molecule has 4 nitrogen and oxygen atoms in total. The van der Waals surface area contributed by atoms with Crippen LogP contribution in [-0.4, -0.2) is 17.5 Å². The van der Waals surface area contributed by atoms with Crippen molar-refractivity contribution in [1.29, 1.82) is 0 Å². The largest absolute Gasteiger partial charge is 0.493 e. The first-order valence-corrected chi connectivity index (χ1v) is 8.24. The predicted molar refractivity (Wildman–Crippen MR) is 91.1 cm³/mol. The quantitative estimate of drug-likeness (QED) is 0.793. The molecule has 1 amide bonds. The van der Waals surface area contributed by atoms with Gasteiger partial charge in [0.1, 0.15) is 10.8 Å². The molecule has 0 aliphatic carbocycles. The molecule has 0 saturated heterocycles. The van der Waals surface area contributed by atoms with E-state index in [0.717, 1.165) is 34.0 Å². The van der Waals surface area contributed by atoms with Crippen LogP contribution in [0.5, 0.6) is 5.75 Å². The molecule has 1 aliphatic rings. The summed E-state index contributed by atoms with van der Waals surface area (Å²) in [5.74, 6) is 0.774. The molecule has 0 fully saturated rings. The molecule has 3 aromatic rings. The van der Waals surface area contributed by atoms with E-state index < -0.39 is 0 Å². The first kappa shape index (κ1) is 14.0. The van der Waals surface area contributed by atoms with Gasteiger partial charge in [-0.05, 0) is 48.0 Å². The molecule has 0 unspecified atom stereocenters. The van der Waals surface area contributed by atoms with E-state index in [1.807, 2.05) is 41.8 Å². The molecule has 1 N–H and O–H groups in total. The zero-order chi connectivity index (χ0) is 15.6. The normalized spacial score (nSPS) is 12.5. The van der Waals surface area contributed by atoms with Crippen LogP contribution in [-0.2, 0) is 6.42 Å². The van der Waals surface area contributed by atoms with Crippen LogP contribution in [0.15, 0.2) is 54.0 Å². The van der Waals surface area contributed by atoms with Crippen LogP contribution in [0.25, 0.3) is 10.6 Å². The van der Waals surface area contributed by atoms with Crippen LogP contribution in [0.2, 0.25) is 0 Å². The number of nitrogens with zero attached hydrogens (tertiary/aromatic N) is 1. The molecule has 1 aromatic heterocycles. The van der Waals surface area contributed by atoms with Gasteiger partial charge in [0.25, 0.3) is 5.91 Å². The third kappa shape index (κ3) is 2.83. The molecule has 5 heteroatoms. The van der Waals surface area contributed by atoms with Gasteiger partial charge in [-0.2, -0.15) is 0 Å². The summed E-state index contributed by atoms with van der Waals surface area (Å²) in [4.78, 5) is 16.6. The van der Waals surface area contributed by atoms with Crippen molar-refractivity contribution in [1.82, 2.24) is 4.98 Å². The van der Waals surface area contributed by atoms with Crippen LogP contribution in [0.4, 0.5) is 5.69 Å². The van der Waals surface area contributed by atoms with Crippen molar-refractivity contribution in [3.8, 4) is 16.3 Å². The Hall–Kier alpha value is -2.66. The van der Waals surface area contributed by atoms with E-state index in [1.165, 1.54) is 0 Å². The van der Waals surface area contributed by atoms with E-state index in [0.29, 0.717) is 12.2 Å². The third-order valence-electron chi connectivity index (χ3n) is 3.77. The maximum absolute atomic E-state index is 12.4. The Morgan fingerprint density at radius 3 is 2.83 bits per heavy atom. The number of hydrogen-bond donors (Lipinski definition) is 1. The van der Waals surface area contributed by atoms with Crippen molar-refractivity contribution >= 4 is 22.9 Å². The SMILES string of the molecule is O=C(Nc1ccc(-c2nccs2)cc1)c1ccc2c(c1)CCO2. The topological polar surface area (TPSA) is 51.2 Å². The lowest BCUT2D eigenvalue weighted by Gasteiger charge is -2.07. The standard InChI is InChI=1S/C18H14N2O2S/c21-17(14-3-6-16-13(11-14)7-9-22-16)20-15-4-1-12(2-5-15)18-19-8-10-23-18/h1-6,8,10-11H,7,9H2,(H,20,21). The molecule has 0 saturated carbocycles. The predicted octanol–water partition coefficient (Wildman–Crippen LogP) is 4.00. The number of nitrogens with one attached hydrogen (secondary N) is 1. The van der Waals surface area contributed by atoms with Gasteiger partial charge < -0.3 is 10.1 Å². The van der Waals surface area contributed by atoms with E-state index in [4.69, 9.17) is 4.74 Å². The zero-order valence-electron chi connectivity index (χ0n) is 12.3. The highest BCUT2D eigenvalue weighted by Gasteiger charge is 2.15. The Balaban J connectivity index is 1.50. The van der Waals surface area contributed by atoms with Crippen LogP contribution in [0.3, 0.4) is 0 Å². The number of hydrogen-bond acceptors (Lipinski definition) is 4. The van der Waals surface area contributed by atoms with Crippen molar-refractivity contribution in [2.24, 2.45) is 0 Å². The fraction of sp³-hybridized carbons (Fsp3) is 0.111. The molecule has 0 atom stereocenters. The number of ether oxygens (including phenoxy) is 1. The second kappa shape index (κ2) is 5.85. The fourth-order valence-electron chi connectivity index (χ4n) is 2.59. The van der Waals surface area contributed by atoms with Crippen LogP contribution < -0.4 is 10.1 Å². The van der Waals surface area contributed by atoms with E-state index in [9.17, 15) is 4.79 Å². The highest BCUT2D eigenvalue weighted by molar-refractivity contribution is 7.13. The number of carbonyl (C=O) groups is 1. The van der Waals surface area contributed by atoms with Crippen molar-refractivity contribution in [2.45, 2.75) is 6.42 Å². The Morgan fingerprint density at radius 1 is 1.17 bits per heavy atom. The van der Waals surface area contributed by atoms with E-state index in [1.54, 1.807) is 23.6 Å². The first-order chi connectivity index (χ1) is 11.3. The van der Waals surface area contributed by atoms with Crippen molar-refractivity contribution in [2.75, 3.05) is 11.9 Å². The van der Waals surface area contributed by atoms with Gasteiger partial charge in [0, 0.05) is 34.8 Å². The van der Waals surface area contributed by atoms with Gasteiger partial charge in [0.05, 0.1) is 6.61 Å². The number of benzene rings is 2. The summed E-state index contributed by atoms with van der Waals surface area (Å²) in [6.07, 6.45) is 2.65. The molecule has 0 radical (unpaired) electrons. The van der Waals surface area contributed by atoms with Gasteiger partial charge in [0.15, 0.2) is 0 Å². The second-order valence-corrected chi connectivity index (χ2v) is 6.18. The number of amides is 1. The number of rotatable bonds is 3. The van der Waals surface area contributed by atoms with Crippen LogP contribution >= 0.6 is 11.3 Å². The Bertz CT molecular complexity index is 842. The highest BCUT2D eigenvalue weighted by Crippen LogP contribution is 2.27. The van der Waals surface area contributed by atoms with Crippen molar-refractivity contribution in [3.05, 3.63) is 65.2 Å². The molecule has 2 heterocycles. The number of thiazole rings is 1. The number of anilines is 1. The summed E-state index contributed by atoms with van der Waals surface area (Å²) in [6, 6.07) is 13.3. The van der Waals surface area contributed by atoms with Gasteiger partial charge in [0.2, 0.25) is 0 Å². The highest BCUT2D eigenvalue weighted by atomic mass is 32.1. The molecule has 114 valence electrons. The number of carbonyl (C=O) groups excluding carboxylic acids is 1.